The van der Waals surface area contributed by atoms with Crippen LogP contribution in [-0.4, -0.2) is 24.7 Å². The van der Waals surface area contributed by atoms with Gasteiger partial charge in [-0.3, -0.25) is 4.57 Å². The molecule has 0 radical (unpaired) electrons. The number of rotatable bonds is 12. The molecule has 31 heavy (non-hydrogen) atoms. The van der Waals surface area contributed by atoms with Crippen molar-refractivity contribution in [2.24, 2.45) is 0 Å². The van der Waals surface area contributed by atoms with Crippen molar-refractivity contribution in [1.29, 1.82) is 0 Å². The van der Waals surface area contributed by atoms with E-state index < -0.39 is 7.60 Å². The summed E-state index contributed by atoms with van der Waals surface area (Å²) in [6, 6.07) is 9.52. The molecule has 0 aromatic heterocycles. The lowest BCUT2D eigenvalue weighted by molar-refractivity contribution is 0.104. The Morgan fingerprint density at radius 1 is 0.968 bits per heavy atom. The fraction of sp³-hybridized carbons (Fsp3) is 0.500. The van der Waals surface area contributed by atoms with Gasteiger partial charge < -0.3 is 23.6 Å². The Hall–Kier alpha value is -1.85. The van der Waals surface area contributed by atoms with Gasteiger partial charge in [0, 0.05) is 5.56 Å². The smallest absolute Gasteiger partial charge is 0.367 e. The van der Waals surface area contributed by atoms with Gasteiger partial charge in [0.15, 0.2) is 6.35 Å². The fourth-order valence-corrected chi connectivity index (χ4v) is 4.57. The lowest BCUT2D eigenvalue weighted by Gasteiger charge is -2.19. The van der Waals surface area contributed by atoms with E-state index in [4.69, 9.17) is 18.5 Å². The van der Waals surface area contributed by atoms with Gasteiger partial charge >= 0.3 is 7.60 Å². The third kappa shape index (κ3) is 7.36. The number of aromatic hydroxyl groups is 1. The van der Waals surface area contributed by atoms with Crippen molar-refractivity contribution >= 4 is 7.60 Å². The standard InChI is InChI=1S/C24H35O6P/c1-7-29-31(26,30-8-2)16-28-22-11-18(5)23(19(6)12-22)15-27-14-21-10-9-20(17(3)4)13-24(21)25/h9-13,17,25H,7-8,14-16H2,1-6H3. The largest absolute Gasteiger partial charge is 0.508 e. The summed E-state index contributed by atoms with van der Waals surface area (Å²) in [6.07, 6.45) is -0.130. The predicted octanol–water partition coefficient (Wildman–Crippen LogP) is 6.45. The van der Waals surface area contributed by atoms with Gasteiger partial charge in [0.1, 0.15) is 11.5 Å². The van der Waals surface area contributed by atoms with Crippen LogP contribution in [0, 0.1) is 13.8 Å². The average Bonchev–Trinajstić information content (AvgIpc) is 2.70. The molecule has 6 nitrogen and oxygen atoms in total. The molecule has 0 aliphatic rings. The zero-order chi connectivity index (χ0) is 23.0. The van der Waals surface area contributed by atoms with E-state index in [9.17, 15) is 9.67 Å². The van der Waals surface area contributed by atoms with E-state index in [0.29, 0.717) is 38.1 Å². The highest BCUT2D eigenvalue weighted by atomic mass is 31.2. The number of phenols is 1. The first-order valence-corrected chi connectivity index (χ1v) is 12.4. The third-order valence-electron chi connectivity index (χ3n) is 4.99. The molecule has 0 heterocycles. The van der Waals surface area contributed by atoms with Gasteiger partial charge in [-0.25, -0.2) is 0 Å². The molecule has 0 amide bonds. The zero-order valence-electron chi connectivity index (χ0n) is 19.4. The first-order chi connectivity index (χ1) is 14.7. The van der Waals surface area contributed by atoms with E-state index in [1.807, 2.05) is 38.1 Å². The van der Waals surface area contributed by atoms with Crippen LogP contribution < -0.4 is 4.74 Å². The summed E-state index contributed by atoms with van der Waals surface area (Å²) in [5.74, 6) is 1.24. The molecule has 0 aliphatic carbocycles. The Balaban J connectivity index is 2.00. The maximum absolute atomic E-state index is 12.6. The van der Waals surface area contributed by atoms with Crippen molar-refractivity contribution in [3.8, 4) is 11.5 Å². The molecule has 7 heteroatoms. The summed E-state index contributed by atoms with van der Waals surface area (Å²) in [5.41, 5.74) is 4.95. The summed E-state index contributed by atoms with van der Waals surface area (Å²) >= 11 is 0. The van der Waals surface area contributed by atoms with Gasteiger partial charge in [0.05, 0.1) is 26.4 Å². The highest BCUT2D eigenvalue weighted by Gasteiger charge is 2.25. The fourth-order valence-electron chi connectivity index (χ4n) is 3.25. The Labute approximate surface area is 186 Å². The summed E-state index contributed by atoms with van der Waals surface area (Å²) < 4.78 is 34.7. The van der Waals surface area contributed by atoms with Crippen molar-refractivity contribution in [1.82, 2.24) is 0 Å². The van der Waals surface area contributed by atoms with Gasteiger partial charge in [-0.05, 0) is 74.1 Å². The summed E-state index contributed by atoms with van der Waals surface area (Å²) in [5, 5.41) is 10.2. The van der Waals surface area contributed by atoms with Crippen LogP contribution in [0.3, 0.4) is 0 Å². The molecule has 0 unspecified atom stereocenters. The highest BCUT2D eigenvalue weighted by Crippen LogP contribution is 2.48. The molecule has 1 N–H and O–H groups in total. The summed E-state index contributed by atoms with van der Waals surface area (Å²) in [4.78, 5) is 0. The molecule has 0 atom stereocenters. The molecule has 2 aromatic carbocycles. The van der Waals surface area contributed by atoms with Gasteiger partial charge in [0.2, 0.25) is 0 Å². The number of phenolic OH excluding ortho intramolecular Hbond substituents is 1. The van der Waals surface area contributed by atoms with E-state index in [0.717, 1.165) is 27.8 Å². The Kier molecular flexibility index (Phi) is 9.57. The Bertz CT molecular complexity index is 876. The first-order valence-electron chi connectivity index (χ1n) is 10.7. The minimum absolute atomic E-state index is 0.130. The molecular weight excluding hydrogens is 415 g/mol. The van der Waals surface area contributed by atoms with Crippen LogP contribution in [0.5, 0.6) is 11.5 Å². The first kappa shape index (κ1) is 25.4. The van der Waals surface area contributed by atoms with Crippen molar-refractivity contribution < 1.29 is 28.2 Å². The van der Waals surface area contributed by atoms with Crippen LogP contribution in [0.25, 0.3) is 0 Å². The van der Waals surface area contributed by atoms with E-state index in [1.165, 1.54) is 0 Å². The molecule has 0 fully saturated rings. The lowest BCUT2D eigenvalue weighted by Crippen LogP contribution is -2.07. The second-order valence-electron chi connectivity index (χ2n) is 7.79. The van der Waals surface area contributed by atoms with E-state index in [1.54, 1.807) is 19.9 Å². The van der Waals surface area contributed by atoms with Gasteiger partial charge in [-0.1, -0.05) is 26.0 Å². The average molecular weight is 451 g/mol. The van der Waals surface area contributed by atoms with E-state index >= 15 is 0 Å². The van der Waals surface area contributed by atoms with Crippen LogP contribution in [-0.2, 0) is 31.6 Å². The molecular formula is C24H35O6P. The molecule has 0 bridgehead atoms. The van der Waals surface area contributed by atoms with Gasteiger partial charge in [-0.15, -0.1) is 0 Å². The second-order valence-corrected chi connectivity index (χ2v) is 9.79. The van der Waals surface area contributed by atoms with Gasteiger partial charge in [0.25, 0.3) is 0 Å². The van der Waals surface area contributed by atoms with Crippen LogP contribution >= 0.6 is 7.60 Å². The highest BCUT2D eigenvalue weighted by molar-refractivity contribution is 7.53. The number of benzene rings is 2. The van der Waals surface area contributed by atoms with Crippen LogP contribution in [0.2, 0.25) is 0 Å². The molecule has 0 saturated heterocycles. The molecule has 172 valence electrons. The molecule has 2 aromatic rings. The van der Waals surface area contributed by atoms with Crippen LogP contribution in [0.1, 0.15) is 61.4 Å². The number of aryl methyl sites for hydroxylation is 2. The van der Waals surface area contributed by atoms with Crippen molar-refractivity contribution in [3.05, 3.63) is 58.1 Å². The Morgan fingerprint density at radius 3 is 2.10 bits per heavy atom. The van der Waals surface area contributed by atoms with Crippen molar-refractivity contribution in [3.63, 3.8) is 0 Å². The Morgan fingerprint density at radius 2 is 1.58 bits per heavy atom. The number of hydrogen-bond donors (Lipinski definition) is 1. The molecule has 0 saturated carbocycles. The lowest BCUT2D eigenvalue weighted by atomic mass is 10.0. The van der Waals surface area contributed by atoms with E-state index in [-0.39, 0.29) is 12.1 Å². The van der Waals surface area contributed by atoms with Crippen molar-refractivity contribution in [2.75, 3.05) is 19.6 Å². The minimum Gasteiger partial charge on any atom is -0.508 e. The topological polar surface area (TPSA) is 74.2 Å². The van der Waals surface area contributed by atoms with Crippen LogP contribution in [0.4, 0.5) is 0 Å². The maximum Gasteiger partial charge on any atom is 0.367 e. The monoisotopic (exact) mass is 450 g/mol. The van der Waals surface area contributed by atoms with Crippen LogP contribution in [0.15, 0.2) is 30.3 Å². The number of hydrogen-bond acceptors (Lipinski definition) is 6. The molecule has 0 spiro atoms. The minimum atomic E-state index is -3.26. The van der Waals surface area contributed by atoms with Crippen molar-refractivity contribution in [2.45, 2.75) is 60.7 Å². The summed E-state index contributed by atoms with van der Waals surface area (Å²) in [7, 11) is -3.26. The normalized spacial score (nSPS) is 11.8. The second kappa shape index (κ2) is 11.7. The van der Waals surface area contributed by atoms with E-state index in [2.05, 4.69) is 13.8 Å². The molecule has 2 rings (SSSR count). The predicted molar refractivity (Wildman–Crippen MR) is 123 cm³/mol. The molecule has 0 aliphatic heterocycles. The maximum atomic E-state index is 12.6. The SMILES string of the molecule is CCOP(=O)(COc1cc(C)c(COCc2ccc(C(C)C)cc2O)c(C)c1)OCC. The third-order valence-corrected chi connectivity index (χ3v) is 6.74. The zero-order valence-corrected chi connectivity index (χ0v) is 20.3. The number of ether oxygens (including phenoxy) is 2. The van der Waals surface area contributed by atoms with Gasteiger partial charge in [-0.2, -0.15) is 0 Å². The quantitative estimate of drug-likeness (QED) is 0.375. The summed E-state index contributed by atoms with van der Waals surface area (Å²) in [6.45, 7) is 13.0.